The van der Waals surface area contributed by atoms with Crippen molar-refractivity contribution in [3.05, 3.63) is 29.6 Å². The number of nitrogens with one attached hydrogen (secondary N) is 1. The van der Waals surface area contributed by atoms with Gasteiger partial charge in [0, 0.05) is 12.2 Å². The predicted octanol–water partition coefficient (Wildman–Crippen LogP) is 3.84. The topological polar surface area (TPSA) is 24.9 Å². The third-order valence-corrected chi connectivity index (χ3v) is 3.91. The van der Waals surface area contributed by atoms with Gasteiger partial charge in [0.05, 0.1) is 5.69 Å². The summed E-state index contributed by atoms with van der Waals surface area (Å²) < 4.78 is 0. The van der Waals surface area contributed by atoms with Gasteiger partial charge >= 0.3 is 0 Å². The molecule has 2 rings (SSSR count). The van der Waals surface area contributed by atoms with E-state index >= 15 is 0 Å². The van der Waals surface area contributed by atoms with Gasteiger partial charge in [-0.3, -0.25) is 4.98 Å². The molecule has 0 aromatic carbocycles. The SMILES string of the molecule is Cc1cccc(CNCC2CCCCCCC2)n1. The minimum atomic E-state index is 0.884. The number of aromatic nitrogens is 1. The van der Waals surface area contributed by atoms with Crippen LogP contribution in [0.1, 0.15) is 56.3 Å². The zero-order valence-corrected chi connectivity index (χ0v) is 11.6. The number of hydrogen-bond acceptors (Lipinski definition) is 2. The second-order valence-corrected chi connectivity index (χ2v) is 5.61. The average molecular weight is 246 g/mol. The molecule has 0 amide bonds. The van der Waals surface area contributed by atoms with Gasteiger partial charge in [-0.25, -0.2) is 0 Å². The van der Waals surface area contributed by atoms with Crippen molar-refractivity contribution in [2.75, 3.05) is 6.54 Å². The van der Waals surface area contributed by atoms with E-state index in [2.05, 4.69) is 35.4 Å². The van der Waals surface area contributed by atoms with Gasteiger partial charge < -0.3 is 5.32 Å². The molecule has 0 unspecified atom stereocenters. The highest BCUT2D eigenvalue weighted by atomic mass is 14.9. The molecule has 1 aliphatic carbocycles. The Balaban J connectivity index is 1.70. The lowest BCUT2D eigenvalue weighted by atomic mass is 9.91. The molecule has 1 heterocycles. The Morgan fingerprint density at radius 3 is 2.56 bits per heavy atom. The summed E-state index contributed by atoms with van der Waals surface area (Å²) in [6, 6.07) is 6.26. The van der Waals surface area contributed by atoms with Crippen LogP contribution in [0.5, 0.6) is 0 Å². The molecular weight excluding hydrogens is 220 g/mol. The maximum absolute atomic E-state index is 4.53. The minimum absolute atomic E-state index is 0.884. The molecule has 1 aromatic rings. The first kappa shape index (κ1) is 13.5. The summed E-state index contributed by atoms with van der Waals surface area (Å²) in [5.74, 6) is 0.884. The summed E-state index contributed by atoms with van der Waals surface area (Å²) in [7, 11) is 0. The quantitative estimate of drug-likeness (QED) is 0.873. The molecule has 2 heteroatoms. The van der Waals surface area contributed by atoms with Gasteiger partial charge in [-0.05, 0) is 44.4 Å². The predicted molar refractivity (Wildman–Crippen MR) is 76.5 cm³/mol. The molecule has 2 nitrogen and oxygen atoms in total. The van der Waals surface area contributed by atoms with E-state index in [9.17, 15) is 0 Å². The van der Waals surface area contributed by atoms with Gasteiger partial charge in [0.15, 0.2) is 0 Å². The number of aryl methyl sites for hydroxylation is 1. The van der Waals surface area contributed by atoms with Gasteiger partial charge in [0.2, 0.25) is 0 Å². The van der Waals surface area contributed by atoms with Crippen molar-refractivity contribution in [3.8, 4) is 0 Å². The Kier molecular flexibility index (Phi) is 5.66. The summed E-state index contributed by atoms with van der Waals surface area (Å²) in [4.78, 5) is 4.53. The lowest BCUT2D eigenvalue weighted by Crippen LogP contribution is -2.23. The zero-order chi connectivity index (χ0) is 12.6. The van der Waals surface area contributed by atoms with E-state index in [1.165, 1.54) is 50.6 Å². The van der Waals surface area contributed by atoms with Crippen LogP contribution in [-0.2, 0) is 6.54 Å². The standard InChI is InChI=1S/C16H26N2/c1-14-8-7-11-16(18-14)13-17-12-15-9-5-3-2-4-6-10-15/h7-8,11,15,17H,2-6,9-10,12-13H2,1H3. The molecule has 0 aliphatic heterocycles. The second-order valence-electron chi connectivity index (χ2n) is 5.61. The first-order valence-corrected chi connectivity index (χ1v) is 7.48. The fraction of sp³-hybridized carbons (Fsp3) is 0.688. The Bertz CT molecular complexity index is 341. The molecule has 100 valence electrons. The van der Waals surface area contributed by atoms with Crippen molar-refractivity contribution in [2.45, 2.75) is 58.4 Å². The summed E-state index contributed by atoms with van der Waals surface area (Å²) in [5.41, 5.74) is 2.28. The van der Waals surface area contributed by atoms with Crippen molar-refractivity contribution >= 4 is 0 Å². The van der Waals surface area contributed by atoms with Gasteiger partial charge in [-0.2, -0.15) is 0 Å². The maximum Gasteiger partial charge on any atom is 0.0544 e. The molecule has 1 N–H and O–H groups in total. The monoisotopic (exact) mass is 246 g/mol. The maximum atomic E-state index is 4.53. The van der Waals surface area contributed by atoms with Crippen LogP contribution in [0.25, 0.3) is 0 Å². The highest BCUT2D eigenvalue weighted by Crippen LogP contribution is 2.21. The zero-order valence-electron chi connectivity index (χ0n) is 11.6. The van der Waals surface area contributed by atoms with Crippen LogP contribution in [0, 0.1) is 12.8 Å². The van der Waals surface area contributed by atoms with Crippen molar-refractivity contribution in [2.24, 2.45) is 5.92 Å². The Hall–Kier alpha value is -0.890. The lowest BCUT2D eigenvalue weighted by Gasteiger charge is -2.20. The summed E-state index contributed by atoms with van der Waals surface area (Å²) >= 11 is 0. The van der Waals surface area contributed by atoms with E-state index in [0.717, 1.165) is 24.7 Å². The fourth-order valence-electron chi connectivity index (χ4n) is 2.85. The van der Waals surface area contributed by atoms with E-state index < -0.39 is 0 Å². The molecule has 1 saturated carbocycles. The van der Waals surface area contributed by atoms with Crippen molar-refractivity contribution in [3.63, 3.8) is 0 Å². The molecule has 0 saturated heterocycles. The van der Waals surface area contributed by atoms with E-state index in [4.69, 9.17) is 0 Å². The lowest BCUT2D eigenvalue weighted by molar-refractivity contribution is 0.360. The average Bonchev–Trinajstić information content (AvgIpc) is 2.32. The molecule has 0 spiro atoms. The van der Waals surface area contributed by atoms with E-state index in [0.29, 0.717) is 0 Å². The smallest absolute Gasteiger partial charge is 0.0544 e. The largest absolute Gasteiger partial charge is 0.311 e. The molecule has 1 fully saturated rings. The van der Waals surface area contributed by atoms with Crippen LogP contribution in [0.2, 0.25) is 0 Å². The number of pyridine rings is 1. The van der Waals surface area contributed by atoms with Crippen LogP contribution in [0.15, 0.2) is 18.2 Å². The van der Waals surface area contributed by atoms with Gasteiger partial charge in [-0.15, -0.1) is 0 Å². The summed E-state index contributed by atoms with van der Waals surface area (Å²) in [6.45, 7) is 4.13. The number of rotatable bonds is 4. The van der Waals surface area contributed by atoms with Crippen LogP contribution < -0.4 is 5.32 Å². The molecule has 0 radical (unpaired) electrons. The van der Waals surface area contributed by atoms with Crippen LogP contribution >= 0.6 is 0 Å². The third-order valence-electron chi connectivity index (χ3n) is 3.91. The van der Waals surface area contributed by atoms with E-state index in [1.807, 2.05) is 0 Å². The summed E-state index contributed by atoms with van der Waals surface area (Å²) in [6.07, 6.45) is 10.0. The Morgan fingerprint density at radius 2 is 1.83 bits per heavy atom. The second kappa shape index (κ2) is 7.52. The Labute approximate surface area is 111 Å². The van der Waals surface area contributed by atoms with Gasteiger partial charge in [-0.1, -0.05) is 38.2 Å². The van der Waals surface area contributed by atoms with E-state index in [1.54, 1.807) is 0 Å². The molecule has 0 atom stereocenters. The van der Waals surface area contributed by atoms with Crippen LogP contribution in [0.3, 0.4) is 0 Å². The molecule has 1 aliphatic rings. The Morgan fingerprint density at radius 1 is 1.11 bits per heavy atom. The number of nitrogens with zero attached hydrogens (tertiary/aromatic N) is 1. The highest BCUT2D eigenvalue weighted by Gasteiger charge is 2.10. The van der Waals surface area contributed by atoms with Gasteiger partial charge in [0.25, 0.3) is 0 Å². The molecule has 18 heavy (non-hydrogen) atoms. The van der Waals surface area contributed by atoms with Crippen LogP contribution in [0.4, 0.5) is 0 Å². The summed E-state index contributed by atoms with van der Waals surface area (Å²) in [5, 5.41) is 3.58. The van der Waals surface area contributed by atoms with Crippen molar-refractivity contribution in [1.82, 2.24) is 10.3 Å². The van der Waals surface area contributed by atoms with Crippen molar-refractivity contribution in [1.29, 1.82) is 0 Å². The highest BCUT2D eigenvalue weighted by molar-refractivity contribution is 5.09. The number of hydrogen-bond donors (Lipinski definition) is 1. The van der Waals surface area contributed by atoms with E-state index in [-0.39, 0.29) is 0 Å². The van der Waals surface area contributed by atoms with Gasteiger partial charge in [0.1, 0.15) is 0 Å². The molecule has 1 aromatic heterocycles. The first-order valence-electron chi connectivity index (χ1n) is 7.48. The third kappa shape index (κ3) is 4.77. The first-order chi connectivity index (χ1) is 8.84. The normalized spacial score (nSPS) is 18.3. The molecule has 0 bridgehead atoms. The molecular formula is C16H26N2. The fourth-order valence-corrected chi connectivity index (χ4v) is 2.85. The van der Waals surface area contributed by atoms with Crippen LogP contribution in [-0.4, -0.2) is 11.5 Å². The van der Waals surface area contributed by atoms with Crippen molar-refractivity contribution < 1.29 is 0 Å². The minimum Gasteiger partial charge on any atom is -0.311 e.